The van der Waals surface area contributed by atoms with Crippen LogP contribution in [-0.4, -0.2) is 32.3 Å². The maximum Gasteiger partial charge on any atom is 0.269 e. The number of hydrogen-bond donors (Lipinski definition) is 2. The summed E-state index contributed by atoms with van der Waals surface area (Å²) >= 11 is 1.25. The molecule has 3 aromatic rings. The Kier molecular flexibility index (Phi) is 5.87. The van der Waals surface area contributed by atoms with Crippen molar-refractivity contribution in [1.29, 1.82) is 0 Å². The molecular weight excluding hydrogens is 362 g/mol. The predicted molar refractivity (Wildman–Crippen MR) is 104 cm³/mol. The summed E-state index contributed by atoms with van der Waals surface area (Å²) in [5, 5.41) is 8.98. The van der Waals surface area contributed by atoms with E-state index in [1.165, 1.54) is 11.8 Å². The van der Waals surface area contributed by atoms with E-state index >= 15 is 0 Å². The number of rotatable bonds is 5. The summed E-state index contributed by atoms with van der Waals surface area (Å²) in [6.07, 6.45) is 0. The Morgan fingerprint density at radius 2 is 1.81 bits per heavy atom. The van der Waals surface area contributed by atoms with E-state index in [-0.39, 0.29) is 17.6 Å². The number of carbonyl (C=O) groups excluding carboxylic acids is 2. The SMILES string of the molecule is Cc1cccc(-c2nnc(SCC(=O)NNC(=O)c3ccccc3)n2C)c1. The van der Waals surface area contributed by atoms with Crippen LogP contribution in [0.3, 0.4) is 0 Å². The van der Waals surface area contributed by atoms with E-state index in [0.717, 1.165) is 17.0 Å². The van der Waals surface area contributed by atoms with Crippen molar-refractivity contribution in [3.63, 3.8) is 0 Å². The first kappa shape index (κ1) is 18.7. The van der Waals surface area contributed by atoms with Crippen molar-refractivity contribution in [2.45, 2.75) is 12.1 Å². The summed E-state index contributed by atoms with van der Waals surface area (Å²) < 4.78 is 1.84. The van der Waals surface area contributed by atoms with Crippen LogP contribution in [0.4, 0.5) is 0 Å². The number of nitrogens with zero attached hydrogens (tertiary/aromatic N) is 3. The lowest BCUT2D eigenvalue weighted by Crippen LogP contribution is -2.42. The Bertz CT molecular complexity index is 956. The fourth-order valence-electron chi connectivity index (χ4n) is 2.43. The zero-order valence-corrected chi connectivity index (χ0v) is 15.8. The third kappa shape index (κ3) is 4.73. The van der Waals surface area contributed by atoms with Gasteiger partial charge in [-0.3, -0.25) is 20.4 Å². The van der Waals surface area contributed by atoms with Crippen molar-refractivity contribution in [3.8, 4) is 11.4 Å². The summed E-state index contributed by atoms with van der Waals surface area (Å²) in [6.45, 7) is 2.02. The molecule has 0 unspecified atom stereocenters. The van der Waals surface area contributed by atoms with E-state index in [1.54, 1.807) is 24.3 Å². The maximum absolute atomic E-state index is 12.0. The molecule has 0 radical (unpaired) electrons. The molecule has 0 atom stereocenters. The minimum atomic E-state index is -0.366. The second-order valence-electron chi connectivity index (χ2n) is 5.89. The van der Waals surface area contributed by atoms with Crippen molar-refractivity contribution in [2.24, 2.45) is 7.05 Å². The highest BCUT2D eigenvalue weighted by atomic mass is 32.2. The van der Waals surface area contributed by atoms with Crippen LogP contribution in [0.1, 0.15) is 15.9 Å². The van der Waals surface area contributed by atoms with Gasteiger partial charge in [-0.1, -0.05) is 53.7 Å². The Morgan fingerprint density at radius 1 is 1.04 bits per heavy atom. The maximum atomic E-state index is 12.0. The molecule has 0 fully saturated rings. The second-order valence-corrected chi connectivity index (χ2v) is 6.83. The minimum Gasteiger partial charge on any atom is -0.305 e. The van der Waals surface area contributed by atoms with Gasteiger partial charge in [0.25, 0.3) is 5.91 Å². The predicted octanol–water partition coefficient (Wildman–Crippen LogP) is 2.34. The zero-order valence-electron chi connectivity index (χ0n) is 15.0. The van der Waals surface area contributed by atoms with Gasteiger partial charge in [-0.15, -0.1) is 10.2 Å². The average molecular weight is 381 g/mol. The highest BCUT2D eigenvalue weighted by Gasteiger charge is 2.13. The fourth-order valence-corrected chi connectivity index (χ4v) is 3.14. The summed E-state index contributed by atoms with van der Waals surface area (Å²) in [4.78, 5) is 23.9. The molecule has 0 bridgehead atoms. The van der Waals surface area contributed by atoms with Crippen LogP contribution in [0.5, 0.6) is 0 Å². The molecular formula is C19H19N5O2S. The van der Waals surface area contributed by atoms with Crippen LogP contribution in [0.25, 0.3) is 11.4 Å². The van der Waals surface area contributed by atoms with Gasteiger partial charge in [0.2, 0.25) is 5.91 Å². The van der Waals surface area contributed by atoms with Crippen molar-refractivity contribution in [2.75, 3.05) is 5.75 Å². The van der Waals surface area contributed by atoms with Crippen LogP contribution in [-0.2, 0) is 11.8 Å². The van der Waals surface area contributed by atoms with Gasteiger partial charge >= 0.3 is 0 Å². The van der Waals surface area contributed by atoms with E-state index < -0.39 is 0 Å². The molecule has 2 amide bonds. The Morgan fingerprint density at radius 3 is 2.56 bits per heavy atom. The van der Waals surface area contributed by atoms with Crippen LogP contribution < -0.4 is 10.9 Å². The summed E-state index contributed by atoms with van der Waals surface area (Å²) in [5.41, 5.74) is 7.37. The highest BCUT2D eigenvalue weighted by Crippen LogP contribution is 2.23. The molecule has 0 aliphatic carbocycles. The van der Waals surface area contributed by atoms with Crippen LogP contribution >= 0.6 is 11.8 Å². The number of amides is 2. The highest BCUT2D eigenvalue weighted by molar-refractivity contribution is 7.99. The first-order valence-corrected chi connectivity index (χ1v) is 9.26. The second kappa shape index (κ2) is 8.50. The van der Waals surface area contributed by atoms with E-state index in [1.807, 2.05) is 48.9 Å². The Balaban J connectivity index is 1.54. The van der Waals surface area contributed by atoms with Gasteiger partial charge in [-0.2, -0.15) is 0 Å². The number of benzene rings is 2. The molecule has 8 heteroatoms. The molecule has 0 saturated heterocycles. The molecule has 0 aliphatic rings. The molecule has 7 nitrogen and oxygen atoms in total. The van der Waals surface area contributed by atoms with Gasteiger partial charge < -0.3 is 4.57 Å². The third-order valence-electron chi connectivity index (χ3n) is 3.79. The van der Waals surface area contributed by atoms with Crippen LogP contribution in [0, 0.1) is 6.92 Å². The fraction of sp³-hybridized carbons (Fsp3) is 0.158. The number of aryl methyl sites for hydroxylation is 1. The molecule has 1 aromatic heterocycles. The molecule has 0 saturated carbocycles. The number of hydrazine groups is 1. The molecule has 0 spiro atoms. The number of nitrogens with one attached hydrogen (secondary N) is 2. The lowest BCUT2D eigenvalue weighted by Gasteiger charge is -2.07. The van der Waals surface area contributed by atoms with Gasteiger partial charge in [0.05, 0.1) is 5.75 Å². The van der Waals surface area contributed by atoms with Crippen molar-refractivity contribution < 1.29 is 9.59 Å². The molecule has 0 aliphatic heterocycles. The first-order chi connectivity index (χ1) is 13.0. The lowest BCUT2D eigenvalue weighted by atomic mass is 10.1. The molecule has 1 heterocycles. The van der Waals surface area contributed by atoms with E-state index in [0.29, 0.717) is 10.7 Å². The van der Waals surface area contributed by atoms with Gasteiger partial charge in [-0.25, -0.2) is 0 Å². The minimum absolute atomic E-state index is 0.106. The molecule has 2 N–H and O–H groups in total. The molecule has 27 heavy (non-hydrogen) atoms. The number of aromatic nitrogens is 3. The normalized spacial score (nSPS) is 10.4. The van der Waals surface area contributed by atoms with Gasteiger partial charge in [-0.05, 0) is 25.1 Å². The summed E-state index contributed by atoms with van der Waals surface area (Å²) in [5.74, 6) is 0.146. The van der Waals surface area contributed by atoms with Gasteiger partial charge in [0, 0.05) is 18.2 Å². The van der Waals surface area contributed by atoms with Crippen LogP contribution in [0.2, 0.25) is 0 Å². The summed E-state index contributed by atoms with van der Waals surface area (Å²) in [7, 11) is 1.86. The monoisotopic (exact) mass is 381 g/mol. The van der Waals surface area contributed by atoms with Gasteiger partial charge in [0.1, 0.15) is 0 Å². The van der Waals surface area contributed by atoms with Crippen LogP contribution in [0.15, 0.2) is 59.8 Å². The number of hydrogen-bond acceptors (Lipinski definition) is 5. The molecule has 3 rings (SSSR count). The lowest BCUT2D eigenvalue weighted by molar-refractivity contribution is -0.119. The van der Waals surface area contributed by atoms with Crippen molar-refractivity contribution >= 4 is 23.6 Å². The Hall–Kier alpha value is -3.13. The zero-order chi connectivity index (χ0) is 19.2. The van der Waals surface area contributed by atoms with Crippen molar-refractivity contribution in [3.05, 3.63) is 65.7 Å². The Labute approximate surface area is 161 Å². The molecule has 138 valence electrons. The standard InChI is InChI=1S/C19H19N5O2S/c1-13-7-6-10-15(11-13)17-21-23-19(24(17)2)27-12-16(25)20-22-18(26)14-8-4-3-5-9-14/h3-11H,12H2,1-2H3,(H,20,25)(H,22,26). The first-order valence-electron chi connectivity index (χ1n) is 8.28. The third-order valence-corrected chi connectivity index (χ3v) is 4.82. The smallest absolute Gasteiger partial charge is 0.269 e. The summed E-state index contributed by atoms with van der Waals surface area (Å²) in [6, 6.07) is 16.7. The average Bonchev–Trinajstić information content (AvgIpc) is 3.05. The van der Waals surface area contributed by atoms with E-state index in [9.17, 15) is 9.59 Å². The van der Waals surface area contributed by atoms with Gasteiger partial charge in [0.15, 0.2) is 11.0 Å². The van der Waals surface area contributed by atoms with Crippen molar-refractivity contribution in [1.82, 2.24) is 25.6 Å². The topological polar surface area (TPSA) is 88.9 Å². The van der Waals surface area contributed by atoms with E-state index in [2.05, 4.69) is 21.0 Å². The quantitative estimate of drug-likeness (QED) is 0.523. The number of carbonyl (C=O) groups is 2. The van der Waals surface area contributed by atoms with E-state index in [4.69, 9.17) is 0 Å². The largest absolute Gasteiger partial charge is 0.305 e. The molecule has 2 aromatic carbocycles. The number of thioether (sulfide) groups is 1.